The van der Waals surface area contributed by atoms with E-state index < -0.39 is 0 Å². The summed E-state index contributed by atoms with van der Waals surface area (Å²) in [5.74, 6) is 1.50. The zero-order valence-corrected chi connectivity index (χ0v) is 14.7. The van der Waals surface area contributed by atoms with Crippen LogP contribution >= 0.6 is 0 Å². The van der Waals surface area contributed by atoms with Gasteiger partial charge in [0.15, 0.2) is 0 Å². The van der Waals surface area contributed by atoms with Crippen molar-refractivity contribution in [1.29, 1.82) is 0 Å². The summed E-state index contributed by atoms with van der Waals surface area (Å²) in [4.78, 5) is 17.4. The monoisotopic (exact) mass is 319 g/mol. The molecule has 0 spiro atoms. The second-order valence-corrected chi connectivity index (χ2v) is 7.09. The lowest BCUT2D eigenvalue weighted by atomic mass is 9.84. The molecule has 2 saturated heterocycles. The first kappa shape index (κ1) is 16.5. The van der Waals surface area contributed by atoms with Crippen LogP contribution in [0.2, 0.25) is 0 Å². The van der Waals surface area contributed by atoms with Gasteiger partial charge in [0.1, 0.15) is 11.3 Å². The number of piperidine rings is 2. The van der Waals surface area contributed by atoms with Gasteiger partial charge in [0.25, 0.3) is 5.91 Å². The summed E-state index contributed by atoms with van der Waals surface area (Å²) in [5.41, 5.74) is 1.49. The Morgan fingerprint density at radius 1 is 1.22 bits per heavy atom. The molecular formula is C18H29N3O2. The quantitative estimate of drug-likeness (QED) is 0.859. The molecule has 128 valence electrons. The predicted molar refractivity (Wildman–Crippen MR) is 89.5 cm³/mol. The fraction of sp³-hybridized carbons (Fsp3) is 0.778. The fourth-order valence-corrected chi connectivity index (χ4v) is 4.28. The number of rotatable bonds is 3. The molecule has 2 fully saturated rings. The average molecular weight is 319 g/mol. The summed E-state index contributed by atoms with van der Waals surface area (Å²) in [6, 6.07) is 0.713. The molecule has 5 nitrogen and oxygen atoms in total. The normalized spacial score (nSPS) is 24.1. The van der Waals surface area contributed by atoms with E-state index in [4.69, 9.17) is 4.52 Å². The maximum Gasteiger partial charge on any atom is 0.259 e. The van der Waals surface area contributed by atoms with E-state index in [1.54, 1.807) is 0 Å². The van der Waals surface area contributed by atoms with Crippen molar-refractivity contribution in [2.75, 3.05) is 26.7 Å². The lowest BCUT2D eigenvalue weighted by molar-refractivity contribution is 0.0552. The van der Waals surface area contributed by atoms with Crippen LogP contribution in [-0.4, -0.2) is 53.6 Å². The number of likely N-dealkylation sites (tertiary alicyclic amines) is 2. The van der Waals surface area contributed by atoms with Gasteiger partial charge in [-0.2, -0.15) is 0 Å². The van der Waals surface area contributed by atoms with E-state index >= 15 is 0 Å². The number of carbonyl (C=O) groups excluding carboxylic acids is 1. The molecule has 0 aromatic carbocycles. The zero-order chi connectivity index (χ0) is 16.4. The van der Waals surface area contributed by atoms with Gasteiger partial charge >= 0.3 is 0 Å². The number of nitrogens with zero attached hydrogens (tertiary/aromatic N) is 3. The molecule has 1 amide bonds. The maximum absolute atomic E-state index is 12.8. The third-order valence-electron chi connectivity index (χ3n) is 5.68. The third kappa shape index (κ3) is 3.30. The number of aromatic nitrogens is 1. The van der Waals surface area contributed by atoms with E-state index in [0.717, 1.165) is 44.0 Å². The summed E-state index contributed by atoms with van der Waals surface area (Å²) in [6.07, 6.45) is 6.98. The van der Waals surface area contributed by atoms with Gasteiger partial charge in [0, 0.05) is 19.1 Å². The summed E-state index contributed by atoms with van der Waals surface area (Å²) in [7, 11) is 2.26. The first-order chi connectivity index (χ1) is 11.1. The predicted octanol–water partition coefficient (Wildman–Crippen LogP) is 2.88. The Labute approximate surface area is 139 Å². The molecule has 1 aromatic rings. The molecule has 0 aliphatic carbocycles. The second kappa shape index (κ2) is 7.04. The van der Waals surface area contributed by atoms with Crippen molar-refractivity contribution in [2.24, 2.45) is 5.92 Å². The van der Waals surface area contributed by atoms with Crippen LogP contribution in [0, 0.1) is 12.8 Å². The van der Waals surface area contributed by atoms with Gasteiger partial charge in [-0.3, -0.25) is 4.79 Å². The van der Waals surface area contributed by atoms with E-state index in [2.05, 4.69) is 17.1 Å². The van der Waals surface area contributed by atoms with Crippen LogP contribution in [-0.2, 0) is 6.42 Å². The van der Waals surface area contributed by atoms with Crippen molar-refractivity contribution in [3.05, 3.63) is 17.0 Å². The molecule has 5 heteroatoms. The Kier molecular flexibility index (Phi) is 5.05. The van der Waals surface area contributed by atoms with Crippen LogP contribution in [0.15, 0.2) is 4.52 Å². The van der Waals surface area contributed by atoms with Crippen LogP contribution in [0.25, 0.3) is 0 Å². The number of aryl methyl sites for hydroxylation is 2. The molecule has 2 aliphatic rings. The van der Waals surface area contributed by atoms with Gasteiger partial charge in [-0.05, 0) is 58.5 Å². The summed E-state index contributed by atoms with van der Waals surface area (Å²) in [5, 5.41) is 4.02. The van der Waals surface area contributed by atoms with Crippen LogP contribution in [0.1, 0.15) is 60.8 Å². The van der Waals surface area contributed by atoms with E-state index in [1.165, 1.54) is 25.8 Å². The Morgan fingerprint density at radius 3 is 2.61 bits per heavy atom. The van der Waals surface area contributed by atoms with Gasteiger partial charge in [-0.15, -0.1) is 0 Å². The van der Waals surface area contributed by atoms with Crippen molar-refractivity contribution in [1.82, 2.24) is 15.0 Å². The molecule has 1 atom stereocenters. The van der Waals surface area contributed by atoms with Gasteiger partial charge in [-0.1, -0.05) is 18.5 Å². The fourth-order valence-electron chi connectivity index (χ4n) is 4.28. The molecule has 0 radical (unpaired) electrons. The van der Waals surface area contributed by atoms with Crippen molar-refractivity contribution in [2.45, 2.75) is 58.4 Å². The van der Waals surface area contributed by atoms with Crippen molar-refractivity contribution in [3.63, 3.8) is 0 Å². The lowest BCUT2D eigenvalue weighted by Gasteiger charge is -2.42. The number of amides is 1. The molecule has 0 bridgehead atoms. The van der Waals surface area contributed by atoms with Gasteiger partial charge < -0.3 is 14.3 Å². The molecule has 2 aliphatic heterocycles. The lowest BCUT2D eigenvalue weighted by Crippen LogP contribution is -2.47. The topological polar surface area (TPSA) is 49.6 Å². The highest BCUT2D eigenvalue weighted by atomic mass is 16.5. The van der Waals surface area contributed by atoms with Crippen LogP contribution < -0.4 is 0 Å². The summed E-state index contributed by atoms with van der Waals surface area (Å²) in [6.45, 7) is 6.80. The SMILES string of the molecule is CCc1noc(C)c1C(=O)N1CCC(C2CCCCN2C)CC1. The van der Waals surface area contributed by atoms with E-state index in [1.807, 2.05) is 18.7 Å². The maximum atomic E-state index is 12.8. The van der Waals surface area contributed by atoms with Gasteiger partial charge in [-0.25, -0.2) is 0 Å². The molecule has 1 aromatic heterocycles. The zero-order valence-electron chi connectivity index (χ0n) is 14.7. The van der Waals surface area contributed by atoms with E-state index in [9.17, 15) is 4.79 Å². The Hall–Kier alpha value is -1.36. The molecule has 23 heavy (non-hydrogen) atoms. The summed E-state index contributed by atoms with van der Waals surface area (Å²) < 4.78 is 5.22. The minimum atomic E-state index is 0.107. The highest BCUT2D eigenvalue weighted by Gasteiger charge is 2.33. The minimum absolute atomic E-state index is 0.107. The van der Waals surface area contributed by atoms with E-state index in [-0.39, 0.29) is 5.91 Å². The molecule has 3 rings (SSSR count). The smallest absolute Gasteiger partial charge is 0.259 e. The van der Waals surface area contributed by atoms with Crippen LogP contribution in [0.3, 0.4) is 0 Å². The first-order valence-electron chi connectivity index (χ1n) is 9.06. The highest BCUT2D eigenvalue weighted by molar-refractivity contribution is 5.96. The average Bonchev–Trinajstić information content (AvgIpc) is 2.95. The minimum Gasteiger partial charge on any atom is -0.361 e. The Morgan fingerprint density at radius 2 is 1.96 bits per heavy atom. The molecular weight excluding hydrogens is 290 g/mol. The van der Waals surface area contributed by atoms with Crippen molar-refractivity contribution >= 4 is 5.91 Å². The molecule has 3 heterocycles. The molecule has 0 N–H and O–H groups in total. The number of hydrogen-bond acceptors (Lipinski definition) is 4. The Balaban J connectivity index is 1.62. The third-order valence-corrected chi connectivity index (χ3v) is 5.68. The van der Waals surface area contributed by atoms with Crippen LogP contribution in [0.4, 0.5) is 0 Å². The van der Waals surface area contributed by atoms with Crippen molar-refractivity contribution in [3.8, 4) is 0 Å². The molecule has 1 unspecified atom stereocenters. The number of hydrogen-bond donors (Lipinski definition) is 0. The van der Waals surface area contributed by atoms with Gasteiger partial charge in [0.05, 0.1) is 5.69 Å². The largest absolute Gasteiger partial charge is 0.361 e. The van der Waals surface area contributed by atoms with Crippen LogP contribution in [0.5, 0.6) is 0 Å². The standard InChI is InChI=1S/C18H29N3O2/c1-4-15-17(13(2)23-19-15)18(22)21-11-8-14(9-12-21)16-7-5-6-10-20(16)3/h14,16H,4-12H2,1-3H3. The highest BCUT2D eigenvalue weighted by Crippen LogP contribution is 2.30. The second-order valence-electron chi connectivity index (χ2n) is 7.09. The first-order valence-corrected chi connectivity index (χ1v) is 9.06. The summed E-state index contributed by atoms with van der Waals surface area (Å²) >= 11 is 0. The van der Waals surface area contributed by atoms with E-state index in [0.29, 0.717) is 17.4 Å². The number of carbonyl (C=O) groups is 1. The van der Waals surface area contributed by atoms with Gasteiger partial charge in [0.2, 0.25) is 0 Å². The molecule has 0 saturated carbocycles. The van der Waals surface area contributed by atoms with Crippen molar-refractivity contribution < 1.29 is 9.32 Å². The Bertz CT molecular complexity index is 546.